The van der Waals surface area contributed by atoms with E-state index >= 15 is 0 Å². The molecule has 0 fully saturated rings. The van der Waals surface area contributed by atoms with Crippen molar-refractivity contribution in [2.45, 2.75) is 0 Å². The molecule has 0 saturated heterocycles. The topological polar surface area (TPSA) is 69.1 Å². The number of thiophene rings is 1. The first-order chi connectivity index (χ1) is 11.7. The Morgan fingerprint density at radius 1 is 1.17 bits per heavy atom. The first kappa shape index (κ1) is 14.9. The molecule has 0 saturated carbocycles. The van der Waals surface area contributed by atoms with E-state index in [2.05, 4.69) is 15.1 Å². The third-order valence-corrected chi connectivity index (χ3v) is 4.71. The largest absolute Gasteiger partial charge is 0.368 e. The molecule has 0 atom stereocenters. The van der Waals surface area contributed by atoms with E-state index in [-0.39, 0.29) is 0 Å². The number of para-hydroxylation sites is 1. The van der Waals surface area contributed by atoms with Gasteiger partial charge in [0.1, 0.15) is 10.8 Å². The van der Waals surface area contributed by atoms with Crippen LogP contribution in [-0.2, 0) is 0 Å². The molecule has 4 rings (SSSR count). The summed E-state index contributed by atoms with van der Waals surface area (Å²) in [5, 5.41) is 7.75. The van der Waals surface area contributed by atoms with Gasteiger partial charge in [-0.1, -0.05) is 35.9 Å². The third kappa shape index (κ3) is 2.77. The van der Waals surface area contributed by atoms with Crippen molar-refractivity contribution in [1.29, 1.82) is 0 Å². The van der Waals surface area contributed by atoms with E-state index in [9.17, 15) is 0 Å². The minimum absolute atomic E-state index is 0.319. The van der Waals surface area contributed by atoms with Crippen LogP contribution in [0.15, 0.2) is 59.1 Å². The molecule has 0 radical (unpaired) electrons. The highest BCUT2D eigenvalue weighted by atomic mass is 35.5. The molecular formula is C17H12ClN5S. The van der Waals surface area contributed by atoms with Crippen molar-refractivity contribution in [3.63, 3.8) is 0 Å². The Morgan fingerprint density at radius 3 is 2.88 bits per heavy atom. The SMILES string of the molecule is Nc1nc(-c2cccs2)cn1/N=C/c1cc2ccccc2nc1Cl. The summed E-state index contributed by atoms with van der Waals surface area (Å²) in [4.78, 5) is 9.75. The van der Waals surface area contributed by atoms with Crippen LogP contribution in [-0.4, -0.2) is 20.9 Å². The lowest BCUT2D eigenvalue weighted by Gasteiger charge is -2.01. The van der Waals surface area contributed by atoms with Crippen LogP contribution in [0.1, 0.15) is 5.56 Å². The lowest BCUT2D eigenvalue weighted by Crippen LogP contribution is -1.97. The highest BCUT2D eigenvalue weighted by Gasteiger charge is 2.08. The van der Waals surface area contributed by atoms with E-state index in [0.29, 0.717) is 11.1 Å². The van der Waals surface area contributed by atoms with Gasteiger partial charge in [0.2, 0.25) is 5.95 Å². The molecule has 5 nitrogen and oxygen atoms in total. The van der Waals surface area contributed by atoms with Crippen LogP contribution in [0.3, 0.4) is 0 Å². The third-order valence-electron chi connectivity index (χ3n) is 3.51. The Balaban J connectivity index is 1.69. The summed E-state index contributed by atoms with van der Waals surface area (Å²) in [6.45, 7) is 0. The number of nitrogens with two attached hydrogens (primary N) is 1. The molecule has 0 aliphatic heterocycles. The van der Waals surface area contributed by atoms with Crippen molar-refractivity contribution >= 4 is 46.0 Å². The van der Waals surface area contributed by atoms with Gasteiger partial charge in [-0.05, 0) is 23.6 Å². The molecule has 24 heavy (non-hydrogen) atoms. The van der Waals surface area contributed by atoms with Crippen LogP contribution in [0, 0.1) is 0 Å². The molecule has 2 N–H and O–H groups in total. The summed E-state index contributed by atoms with van der Waals surface area (Å²) in [7, 11) is 0. The number of aromatic nitrogens is 3. The van der Waals surface area contributed by atoms with Gasteiger partial charge in [0.15, 0.2) is 0 Å². The van der Waals surface area contributed by atoms with Crippen molar-refractivity contribution in [2.24, 2.45) is 5.10 Å². The zero-order chi connectivity index (χ0) is 16.5. The van der Waals surface area contributed by atoms with Crippen LogP contribution in [0.4, 0.5) is 5.95 Å². The number of anilines is 1. The van der Waals surface area contributed by atoms with Gasteiger partial charge in [0.05, 0.1) is 22.8 Å². The number of benzene rings is 1. The lowest BCUT2D eigenvalue weighted by molar-refractivity contribution is 0.898. The quantitative estimate of drug-likeness (QED) is 0.441. The summed E-state index contributed by atoms with van der Waals surface area (Å²) in [6, 6.07) is 13.7. The summed E-state index contributed by atoms with van der Waals surface area (Å²) in [5.41, 5.74) is 8.30. The molecule has 0 aliphatic carbocycles. The maximum atomic E-state index is 6.24. The Labute approximate surface area is 147 Å². The van der Waals surface area contributed by atoms with Gasteiger partial charge in [-0.2, -0.15) is 5.10 Å². The second-order valence-electron chi connectivity index (χ2n) is 5.11. The second kappa shape index (κ2) is 6.07. The van der Waals surface area contributed by atoms with Gasteiger partial charge < -0.3 is 5.73 Å². The Bertz CT molecular complexity index is 1040. The fourth-order valence-electron chi connectivity index (χ4n) is 2.34. The molecule has 0 unspecified atom stereocenters. The predicted octanol–water partition coefficient (Wildman–Crippen LogP) is 4.28. The smallest absolute Gasteiger partial charge is 0.221 e. The van der Waals surface area contributed by atoms with Crippen molar-refractivity contribution in [1.82, 2.24) is 14.6 Å². The minimum Gasteiger partial charge on any atom is -0.368 e. The van der Waals surface area contributed by atoms with Crippen LogP contribution in [0.5, 0.6) is 0 Å². The van der Waals surface area contributed by atoms with E-state index in [1.54, 1.807) is 23.7 Å². The standard InChI is InChI=1S/C17H12ClN5S/c18-16-12(8-11-4-1-2-5-13(11)21-16)9-20-23-10-14(22-17(23)19)15-6-3-7-24-15/h1-10H,(H2,19,22)/b20-9+. The lowest BCUT2D eigenvalue weighted by atomic mass is 10.2. The maximum Gasteiger partial charge on any atom is 0.221 e. The molecule has 0 bridgehead atoms. The first-order valence-corrected chi connectivity index (χ1v) is 8.45. The summed E-state index contributed by atoms with van der Waals surface area (Å²) in [6.07, 6.45) is 3.43. The van der Waals surface area contributed by atoms with Crippen molar-refractivity contribution < 1.29 is 0 Å². The highest BCUT2D eigenvalue weighted by Crippen LogP contribution is 2.24. The minimum atomic E-state index is 0.319. The Hall–Kier alpha value is -2.70. The number of hydrogen-bond acceptors (Lipinski definition) is 5. The van der Waals surface area contributed by atoms with Crippen LogP contribution >= 0.6 is 22.9 Å². The number of nitrogen functional groups attached to an aromatic ring is 1. The Kier molecular flexibility index (Phi) is 3.76. The monoisotopic (exact) mass is 353 g/mol. The second-order valence-corrected chi connectivity index (χ2v) is 6.42. The first-order valence-electron chi connectivity index (χ1n) is 7.19. The predicted molar refractivity (Wildman–Crippen MR) is 99.7 cm³/mol. The molecule has 0 aliphatic rings. The van der Waals surface area contributed by atoms with E-state index in [4.69, 9.17) is 17.3 Å². The van der Waals surface area contributed by atoms with Gasteiger partial charge in [-0.3, -0.25) is 0 Å². The van der Waals surface area contributed by atoms with Gasteiger partial charge >= 0.3 is 0 Å². The molecule has 3 heterocycles. The van der Waals surface area contributed by atoms with Gasteiger partial charge in [0, 0.05) is 10.9 Å². The van der Waals surface area contributed by atoms with E-state index in [1.807, 2.05) is 47.8 Å². The highest BCUT2D eigenvalue weighted by molar-refractivity contribution is 7.13. The number of nitrogens with zero attached hydrogens (tertiary/aromatic N) is 4. The zero-order valence-electron chi connectivity index (χ0n) is 12.4. The number of rotatable bonds is 3. The molecule has 1 aromatic carbocycles. The molecule has 118 valence electrons. The van der Waals surface area contributed by atoms with Crippen LogP contribution < -0.4 is 5.73 Å². The number of fused-ring (bicyclic) bond motifs is 1. The normalized spacial score (nSPS) is 11.5. The summed E-state index contributed by atoms with van der Waals surface area (Å²) in [5.74, 6) is 0.319. The number of pyridine rings is 1. The zero-order valence-corrected chi connectivity index (χ0v) is 14.0. The molecule has 0 amide bonds. The summed E-state index contributed by atoms with van der Waals surface area (Å²) >= 11 is 7.84. The van der Waals surface area contributed by atoms with E-state index in [1.165, 1.54) is 4.68 Å². The Morgan fingerprint density at radius 2 is 2.04 bits per heavy atom. The maximum absolute atomic E-state index is 6.24. The average Bonchev–Trinajstić information content (AvgIpc) is 3.22. The van der Waals surface area contributed by atoms with Gasteiger partial charge in [-0.15, -0.1) is 11.3 Å². The fraction of sp³-hybridized carbons (Fsp3) is 0. The van der Waals surface area contributed by atoms with Crippen LogP contribution in [0.2, 0.25) is 5.15 Å². The van der Waals surface area contributed by atoms with Crippen LogP contribution in [0.25, 0.3) is 21.5 Å². The van der Waals surface area contributed by atoms with Crippen molar-refractivity contribution in [3.8, 4) is 10.6 Å². The molecular weight excluding hydrogens is 342 g/mol. The number of imidazole rings is 1. The van der Waals surface area contributed by atoms with Gasteiger partial charge in [-0.25, -0.2) is 14.6 Å². The van der Waals surface area contributed by atoms with E-state index < -0.39 is 0 Å². The molecule has 4 aromatic rings. The van der Waals surface area contributed by atoms with Crippen molar-refractivity contribution in [3.05, 3.63) is 64.8 Å². The number of halogens is 1. The average molecular weight is 354 g/mol. The molecule has 0 spiro atoms. The fourth-order valence-corrected chi connectivity index (χ4v) is 3.22. The van der Waals surface area contributed by atoms with E-state index in [0.717, 1.165) is 27.0 Å². The van der Waals surface area contributed by atoms with Crippen molar-refractivity contribution in [2.75, 3.05) is 5.73 Å². The number of hydrogen-bond donors (Lipinski definition) is 1. The molecule has 7 heteroatoms. The molecule has 3 aromatic heterocycles. The summed E-state index contributed by atoms with van der Waals surface area (Å²) < 4.78 is 1.53. The van der Waals surface area contributed by atoms with Gasteiger partial charge in [0.25, 0.3) is 0 Å².